The van der Waals surface area contributed by atoms with Crippen molar-refractivity contribution >= 4 is 21.8 Å². The van der Waals surface area contributed by atoms with Gasteiger partial charge in [0.05, 0.1) is 23.8 Å². The van der Waals surface area contributed by atoms with Crippen LogP contribution in [-0.2, 0) is 7.05 Å². The maximum atomic E-state index is 13.1. The molecule has 0 aromatic carbocycles. The van der Waals surface area contributed by atoms with Gasteiger partial charge in [-0.05, 0) is 41.6 Å². The van der Waals surface area contributed by atoms with E-state index in [-0.39, 0.29) is 18.0 Å². The molecule has 2 aromatic rings. The predicted octanol–water partition coefficient (Wildman–Crippen LogP) is 2.40. The molecule has 4 rings (SSSR count). The van der Waals surface area contributed by atoms with Gasteiger partial charge in [0.15, 0.2) is 0 Å². The summed E-state index contributed by atoms with van der Waals surface area (Å²) in [5.74, 6) is 0.438. The van der Waals surface area contributed by atoms with Gasteiger partial charge in [0.2, 0.25) is 5.88 Å². The molecule has 0 radical (unpaired) electrons. The standard InChI is InChI=1S/C16H20BrN5O2/c1-20-9-14(15(19-20)24-2)16(23)22-11-3-4-12(22)6-13(5-11)21-8-10(17)7-18-21/h7-9,11-13H,3-6H2,1-2H3. The van der Waals surface area contributed by atoms with E-state index in [1.165, 1.54) is 0 Å². The van der Waals surface area contributed by atoms with Gasteiger partial charge >= 0.3 is 0 Å². The van der Waals surface area contributed by atoms with Crippen molar-refractivity contribution in [2.24, 2.45) is 7.05 Å². The van der Waals surface area contributed by atoms with Gasteiger partial charge in [0, 0.05) is 31.5 Å². The molecule has 4 heterocycles. The first kappa shape index (κ1) is 15.7. The second-order valence-electron chi connectivity index (χ2n) is 6.59. The van der Waals surface area contributed by atoms with E-state index in [0.29, 0.717) is 17.5 Å². The summed E-state index contributed by atoms with van der Waals surface area (Å²) < 4.78 is 9.91. The molecule has 2 aliphatic rings. The summed E-state index contributed by atoms with van der Waals surface area (Å²) in [7, 11) is 3.35. The number of halogens is 1. The predicted molar refractivity (Wildman–Crippen MR) is 90.9 cm³/mol. The number of carbonyl (C=O) groups excluding carboxylic acids is 1. The minimum absolute atomic E-state index is 0.0348. The van der Waals surface area contributed by atoms with E-state index in [2.05, 4.69) is 31.0 Å². The Bertz CT molecular complexity index is 756. The number of rotatable bonds is 3. The summed E-state index contributed by atoms with van der Waals surface area (Å²) in [5, 5.41) is 8.64. The molecule has 2 atom stereocenters. The van der Waals surface area contributed by atoms with Crippen molar-refractivity contribution < 1.29 is 9.53 Å². The zero-order valence-corrected chi connectivity index (χ0v) is 15.3. The zero-order valence-electron chi connectivity index (χ0n) is 13.7. The van der Waals surface area contributed by atoms with Crippen molar-refractivity contribution in [2.45, 2.75) is 43.8 Å². The van der Waals surface area contributed by atoms with Crippen LogP contribution in [0.4, 0.5) is 0 Å². The minimum Gasteiger partial charge on any atom is -0.479 e. The zero-order chi connectivity index (χ0) is 16.8. The lowest BCUT2D eigenvalue weighted by Gasteiger charge is -2.38. The van der Waals surface area contributed by atoms with Crippen LogP contribution in [0.5, 0.6) is 5.88 Å². The first-order valence-electron chi connectivity index (χ1n) is 8.16. The van der Waals surface area contributed by atoms with E-state index in [0.717, 1.165) is 30.2 Å². The number of piperidine rings is 1. The second kappa shape index (κ2) is 5.91. The number of nitrogens with zero attached hydrogens (tertiary/aromatic N) is 5. The fraction of sp³-hybridized carbons (Fsp3) is 0.562. The largest absolute Gasteiger partial charge is 0.479 e. The van der Waals surface area contributed by atoms with Crippen molar-refractivity contribution in [3.05, 3.63) is 28.6 Å². The normalized spacial score (nSPS) is 26.0. The molecule has 0 spiro atoms. The number of aryl methyl sites for hydroxylation is 1. The van der Waals surface area contributed by atoms with Crippen molar-refractivity contribution in [1.29, 1.82) is 0 Å². The van der Waals surface area contributed by atoms with Gasteiger partial charge in [-0.2, -0.15) is 5.10 Å². The molecule has 7 nitrogen and oxygen atoms in total. The van der Waals surface area contributed by atoms with Crippen LogP contribution in [0.2, 0.25) is 0 Å². The van der Waals surface area contributed by atoms with E-state index in [4.69, 9.17) is 4.74 Å². The number of hydrogen-bond acceptors (Lipinski definition) is 4. The van der Waals surface area contributed by atoms with Crippen molar-refractivity contribution in [3.63, 3.8) is 0 Å². The highest BCUT2D eigenvalue weighted by molar-refractivity contribution is 9.10. The van der Waals surface area contributed by atoms with Crippen LogP contribution in [0.15, 0.2) is 23.1 Å². The average molecular weight is 394 g/mol. The monoisotopic (exact) mass is 393 g/mol. The molecule has 24 heavy (non-hydrogen) atoms. The molecular weight excluding hydrogens is 374 g/mol. The number of amides is 1. The maximum Gasteiger partial charge on any atom is 0.261 e. The second-order valence-corrected chi connectivity index (χ2v) is 7.50. The number of aromatic nitrogens is 4. The van der Waals surface area contributed by atoms with Crippen LogP contribution in [0, 0.1) is 0 Å². The fourth-order valence-electron chi connectivity index (χ4n) is 4.12. The SMILES string of the molecule is COc1nn(C)cc1C(=O)N1C2CCC1CC(n1cc(Br)cn1)C2. The van der Waals surface area contributed by atoms with Crippen molar-refractivity contribution in [2.75, 3.05) is 7.11 Å². The molecule has 2 aliphatic heterocycles. The number of carbonyl (C=O) groups is 1. The first-order valence-corrected chi connectivity index (χ1v) is 8.96. The summed E-state index contributed by atoms with van der Waals surface area (Å²) in [6.45, 7) is 0. The molecule has 1 amide bonds. The third-order valence-electron chi connectivity index (χ3n) is 5.11. The Morgan fingerprint density at radius 1 is 1.25 bits per heavy atom. The van der Waals surface area contributed by atoms with Gasteiger partial charge in [-0.3, -0.25) is 14.2 Å². The lowest BCUT2D eigenvalue weighted by atomic mass is 9.96. The van der Waals surface area contributed by atoms with Gasteiger partial charge in [0.1, 0.15) is 5.56 Å². The van der Waals surface area contributed by atoms with Gasteiger partial charge in [-0.25, -0.2) is 0 Å². The summed E-state index contributed by atoms with van der Waals surface area (Å²) in [5.41, 5.74) is 0.553. The molecule has 2 fully saturated rings. The summed E-state index contributed by atoms with van der Waals surface area (Å²) in [6.07, 6.45) is 9.58. The van der Waals surface area contributed by atoms with Crippen LogP contribution in [-0.4, -0.2) is 49.6 Å². The first-order chi connectivity index (χ1) is 11.6. The third-order valence-corrected chi connectivity index (χ3v) is 5.51. The van der Waals surface area contributed by atoms with E-state index in [1.807, 2.05) is 17.1 Å². The molecule has 0 N–H and O–H groups in total. The quantitative estimate of drug-likeness (QED) is 0.802. The molecule has 2 saturated heterocycles. The summed E-state index contributed by atoms with van der Waals surface area (Å²) in [6, 6.07) is 0.872. The van der Waals surface area contributed by atoms with E-state index in [1.54, 1.807) is 25.0 Å². The van der Waals surface area contributed by atoms with Crippen LogP contribution < -0.4 is 4.74 Å². The van der Waals surface area contributed by atoms with E-state index in [9.17, 15) is 4.79 Å². The molecular formula is C16H20BrN5O2. The van der Waals surface area contributed by atoms with E-state index < -0.39 is 0 Å². The average Bonchev–Trinajstić information content (AvgIpc) is 3.23. The van der Waals surface area contributed by atoms with Gasteiger partial charge in [-0.15, -0.1) is 5.10 Å². The Kier molecular flexibility index (Phi) is 3.86. The fourth-order valence-corrected chi connectivity index (χ4v) is 4.42. The number of ether oxygens (including phenoxy) is 1. The highest BCUT2D eigenvalue weighted by atomic mass is 79.9. The van der Waals surface area contributed by atoms with Gasteiger partial charge in [0.25, 0.3) is 5.91 Å². The third kappa shape index (κ3) is 2.53. The summed E-state index contributed by atoms with van der Waals surface area (Å²) in [4.78, 5) is 15.1. The number of hydrogen-bond donors (Lipinski definition) is 0. The molecule has 2 aromatic heterocycles. The maximum absolute atomic E-state index is 13.1. The summed E-state index contributed by atoms with van der Waals surface area (Å²) >= 11 is 3.46. The van der Waals surface area contributed by atoms with Crippen LogP contribution in [0.3, 0.4) is 0 Å². The number of fused-ring (bicyclic) bond motifs is 2. The highest BCUT2D eigenvalue weighted by Crippen LogP contribution is 2.42. The molecule has 2 unspecified atom stereocenters. The van der Waals surface area contributed by atoms with Crippen LogP contribution >= 0.6 is 15.9 Å². The topological polar surface area (TPSA) is 65.2 Å². The lowest BCUT2D eigenvalue weighted by molar-refractivity contribution is 0.0521. The molecule has 2 bridgehead atoms. The smallest absolute Gasteiger partial charge is 0.261 e. The van der Waals surface area contributed by atoms with Gasteiger partial charge in [-0.1, -0.05) is 0 Å². The number of methoxy groups -OCH3 is 1. The Hall–Kier alpha value is -1.83. The van der Waals surface area contributed by atoms with Crippen molar-refractivity contribution in [1.82, 2.24) is 24.5 Å². The molecule has 0 saturated carbocycles. The molecule has 128 valence electrons. The highest BCUT2D eigenvalue weighted by Gasteiger charge is 2.45. The Morgan fingerprint density at radius 3 is 2.54 bits per heavy atom. The van der Waals surface area contributed by atoms with Gasteiger partial charge < -0.3 is 9.64 Å². The Labute approximate surface area is 148 Å². The molecule has 0 aliphatic carbocycles. The van der Waals surface area contributed by atoms with Crippen LogP contribution in [0.1, 0.15) is 42.1 Å². The van der Waals surface area contributed by atoms with Crippen molar-refractivity contribution in [3.8, 4) is 5.88 Å². The lowest BCUT2D eigenvalue weighted by Crippen LogP contribution is -2.47. The Morgan fingerprint density at radius 2 is 1.96 bits per heavy atom. The molecule has 8 heteroatoms. The Balaban J connectivity index is 1.57. The minimum atomic E-state index is 0.0348. The van der Waals surface area contributed by atoms with E-state index >= 15 is 0 Å². The van der Waals surface area contributed by atoms with Crippen LogP contribution in [0.25, 0.3) is 0 Å².